The van der Waals surface area contributed by atoms with Crippen molar-refractivity contribution >= 4 is 11.3 Å². The van der Waals surface area contributed by atoms with E-state index in [1.54, 1.807) is 30.7 Å². The molecule has 4 heterocycles. The van der Waals surface area contributed by atoms with Crippen molar-refractivity contribution in [3.05, 3.63) is 64.0 Å². The van der Waals surface area contributed by atoms with Gasteiger partial charge in [0.25, 0.3) is 0 Å². The van der Waals surface area contributed by atoms with E-state index in [1.165, 1.54) is 0 Å². The Morgan fingerprint density at radius 2 is 2.07 bits per heavy atom. The van der Waals surface area contributed by atoms with Crippen molar-refractivity contribution < 1.29 is 29.2 Å². The number of thiazole rings is 1. The maximum absolute atomic E-state index is 10.7. The standard InChI is InChI=1S/C22H23NO6S/c1-11-6-14-10-28-22(21(26)20(25)19(24)12(2)29-22)15(14)7-13(11)8-18-23-9-17(30-18)16-4-3-5-27-16/h3-7,9,12,19-21,24-26H,8,10H2,1-2H3/t12-,19-,20+,21-,22+/m1/s1. The molecule has 1 fully saturated rings. The van der Waals surface area contributed by atoms with Crippen molar-refractivity contribution in [3.8, 4) is 10.6 Å². The first-order valence-corrected chi connectivity index (χ1v) is 10.7. The summed E-state index contributed by atoms with van der Waals surface area (Å²) in [5, 5.41) is 32.1. The maximum atomic E-state index is 10.7. The van der Waals surface area contributed by atoms with Crippen LogP contribution in [0.4, 0.5) is 0 Å². The van der Waals surface area contributed by atoms with E-state index in [0.29, 0.717) is 12.0 Å². The molecule has 3 N–H and O–H groups in total. The minimum atomic E-state index is -1.49. The van der Waals surface area contributed by atoms with Gasteiger partial charge in [-0.25, -0.2) is 4.98 Å². The second-order valence-corrected chi connectivity index (χ2v) is 9.03. The SMILES string of the molecule is Cc1cc2c(cc1Cc1ncc(-c3ccco3)s1)[C@]1(OC2)O[C@H](C)[C@@H](O)[C@H](O)[C@H]1O. The fraction of sp³-hybridized carbons (Fsp3) is 0.409. The lowest BCUT2D eigenvalue weighted by atomic mass is 9.86. The van der Waals surface area contributed by atoms with Crippen LogP contribution in [-0.4, -0.2) is 44.7 Å². The van der Waals surface area contributed by atoms with Crippen LogP contribution >= 0.6 is 11.3 Å². The van der Waals surface area contributed by atoms with E-state index >= 15 is 0 Å². The first-order valence-electron chi connectivity index (χ1n) is 9.86. The Morgan fingerprint density at radius 3 is 2.83 bits per heavy atom. The number of furan rings is 1. The lowest BCUT2D eigenvalue weighted by Crippen LogP contribution is -2.62. The average Bonchev–Trinajstić information content (AvgIpc) is 3.47. The lowest BCUT2D eigenvalue weighted by molar-refractivity contribution is -0.362. The first kappa shape index (κ1) is 19.9. The Labute approximate surface area is 177 Å². The Morgan fingerprint density at radius 1 is 1.23 bits per heavy atom. The van der Waals surface area contributed by atoms with E-state index in [1.807, 2.05) is 31.2 Å². The fourth-order valence-corrected chi connectivity index (χ4v) is 5.15. The van der Waals surface area contributed by atoms with Crippen LogP contribution in [0.1, 0.15) is 34.2 Å². The molecular weight excluding hydrogens is 406 g/mol. The van der Waals surface area contributed by atoms with Gasteiger partial charge in [-0.3, -0.25) is 0 Å². The second kappa shape index (κ2) is 7.26. The molecule has 30 heavy (non-hydrogen) atoms. The van der Waals surface area contributed by atoms with Crippen molar-refractivity contribution in [1.29, 1.82) is 0 Å². The van der Waals surface area contributed by atoms with Gasteiger partial charge in [-0.1, -0.05) is 6.07 Å². The fourth-order valence-electron chi connectivity index (χ4n) is 4.24. The van der Waals surface area contributed by atoms with Crippen LogP contribution in [0.3, 0.4) is 0 Å². The normalized spacial score (nSPS) is 30.7. The van der Waals surface area contributed by atoms with Gasteiger partial charge in [0, 0.05) is 18.2 Å². The van der Waals surface area contributed by atoms with Crippen LogP contribution in [0.25, 0.3) is 10.6 Å². The summed E-state index contributed by atoms with van der Waals surface area (Å²) in [6.07, 6.45) is -0.574. The summed E-state index contributed by atoms with van der Waals surface area (Å²) in [5.41, 5.74) is 3.71. The summed E-state index contributed by atoms with van der Waals surface area (Å²) in [6, 6.07) is 7.74. The Kier molecular flexibility index (Phi) is 4.81. The van der Waals surface area contributed by atoms with Crippen LogP contribution in [-0.2, 0) is 28.3 Å². The summed E-state index contributed by atoms with van der Waals surface area (Å²) >= 11 is 1.57. The molecule has 0 saturated carbocycles. The number of nitrogens with zero attached hydrogens (tertiary/aromatic N) is 1. The zero-order chi connectivity index (χ0) is 21.0. The maximum Gasteiger partial charge on any atom is 0.225 e. The minimum absolute atomic E-state index is 0.267. The van der Waals surface area contributed by atoms with Crippen molar-refractivity contribution in [2.24, 2.45) is 0 Å². The highest BCUT2D eigenvalue weighted by molar-refractivity contribution is 7.15. The molecule has 2 aliphatic heterocycles. The molecule has 5 atom stereocenters. The van der Waals surface area contributed by atoms with Crippen LogP contribution in [0.2, 0.25) is 0 Å². The third-order valence-corrected chi connectivity index (χ3v) is 6.96. The number of aliphatic hydroxyl groups is 3. The van der Waals surface area contributed by atoms with Crippen LogP contribution in [0, 0.1) is 6.92 Å². The third-order valence-electron chi connectivity index (χ3n) is 5.94. The highest BCUT2D eigenvalue weighted by Crippen LogP contribution is 2.46. The first-order chi connectivity index (χ1) is 14.4. The quantitative estimate of drug-likeness (QED) is 0.587. The number of benzene rings is 1. The number of rotatable bonds is 3. The molecule has 1 saturated heterocycles. The van der Waals surface area contributed by atoms with Gasteiger partial charge in [0.05, 0.1) is 28.9 Å². The lowest BCUT2D eigenvalue weighted by Gasteiger charge is -2.45. The van der Waals surface area contributed by atoms with Gasteiger partial charge in [0.15, 0.2) is 0 Å². The molecule has 3 aromatic rings. The van der Waals surface area contributed by atoms with E-state index in [2.05, 4.69) is 4.98 Å². The predicted molar refractivity (Wildman–Crippen MR) is 109 cm³/mol. The van der Waals surface area contributed by atoms with Gasteiger partial charge in [-0.15, -0.1) is 11.3 Å². The van der Waals surface area contributed by atoms with Gasteiger partial charge < -0.3 is 29.2 Å². The van der Waals surface area contributed by atoms with Crippen molar-refractivity contribution in [2.45, 2.75) is 57.1 Å². The van der Waals surface area contributed by atoms with Crippen LogP contribution in [0.15, 0.2) is 41.1 Å². The topological polar surface area (TPSA) is 105 Å². The Bertz CT molecular complexity index is 1060. The second-order valence-electron chi connectivity index (χ2n) is 7.91. The van der Waals surface area contributed by atoms with Crippen LogP contribution in [0.5, 0.6) is 0 Å². The number of aromatic nitrogens is 1. The smallest absolute Gasteiger partial charge is 0.225 e. The predicted octanol–water partition coefficient (Wildman–Crippen LogP) is 2.49. The Hall–Kier alpha value is -2.07. The molecule has 7 nitrogen and oxygen atoms in total. The molecular formula is C22H23NO6S. The van der Waals surface area contributed by atoms with Crippen LogP contribution < -0.4 is 0 Å². The molecule has 5 rings (SSSR count). The summed E-state index contributed by atoms with van der Waals surface area (Å²) in [6.45, 7) is 3.95. The summed E-state index contributed by atoms with van der Waals surface area (Å²) < 4.78 is 17.3. The molecule has 158 valence electrons. The van der Waals surface area contributed by atoms with Gasteiger partial charge >= 0.3 is 0 Å². The largest absolute Gasteiger partial charge is 0.463 e. The minimum Gasteiger partial charge on any atom is -0.463 e. The molecule has 2 aliphatic rings. The highest BCUT2D eigenvalue weighted by Gasteiger charge is 2.57. The molecule has 0 unspecified atom stereocenters. The van der Waals surface area contributed by atoms with Crippen molar-refractivity contribution in [3.63, 3.8) is 0 Å². The third kappa shape index (κ3) is 3.03. The Balaban J connectivity index is 1.49. The number of aliphatic hydroxyl groups excluding tert-OH is 3. The summed E-state index contributed by atoms with van der Waals surface area (Å²) in [4.78, 5) is 5.49. The van der Waals surface area contributed by atoms with Gasteiger partial charge in [-0.2, -0.15) is 0 Å². The van der Waals surface area contributed by atoms with Gasteiger partial charge in [0.2, 0.25) is 5.79 Å². The molecule has 0 amide bonds. The highest BCUT2D eigenvalue weighted by atomic mass is 32.1. The molecule has 0 aliphatic carbocycles. The van der Waals surface area contributed by atoms with E-state index in [0.717, 1.165) is 32.3 Å². The number of hydrogen-bond acceptors (Lipinski definition) is 8. The van der Waals surface area contributed by atoms with Crippen molar-refractivity contribution in [1.82, 2.24) is 4.98 Å². The zero-order valence-electron chi connectivity index (χ0n) is 16.6. The van der Waals surface area contributed by atoms with Gasteiger partial charge in [0.1, 0.15) is 24.1 Å². The molecule has 8 heteroatoms. The molecule has 0 radical (unpaired) electrons. The zero-order valence-corrected chi connectivity index (χ0v) is 17.4. The summed E-state index contributed by atoms with van der Waals surface area (Å²) in [5.74, 6) is -0.699. The molecule has 0 bridgehead atoms. The monoisotopic (exact) mass is 429 g/mol. The van der Waals surface area contributed by atoms with E-state index in [4.69, 9.17) is 13.9 Å². The van der Waals surface area contributed by atoms with Gasteiger partial charge in [-0.05, 0) is 48.7 Å². The molecule has 2 aromatic heterocycles. The number of hydrogen-bond donors (Lipinski definition) is 3. The number of aryl methyl sites for hydroxylation is 1. The van der Waals surface area contributed by atoms with E-state index in [-0.39, 0.29) is 6.61 Å². The number of ether oxygens (including phenoxy) is 2. The summed E-state index contributed by atoms with van der Waals surface area (Å²) in [7, 11) is 0. The molecule has 1 spiro atoms. The number of fused-ring (bicyclic) bond motifs is 2. The molecule has 1 aromatic carbocycles. The van der Waals surface area contributed by atoms with Crippen molar-refractivity contribution in [2.75, 3.05) is 0 Å². The average molecular weight is 429 g/mol. The van der Waals surface area contributed by atoms with E-state index in [9.17, 15) is 15.3 Å². The van der Waals surface area contributed by atoms with E-state index < -0.39 is 30.2 Å².